The molecule has 1 aliphatic heterocycles. The number of nitrogens with zero attached hydrogens (tertiary/aromatic N) is 5. The molecule has 0 saturated carbocycles. The number of fused-ring (bicyclic) bond motifs is 3. The third-order valence-electron chi connectivity index (χ3n) is 13.7. The van der Waals surface area contributed by atoms with Gasteiger partial charge in [-0.15, -0.1) is 0 Å². The summed E-state index contributed by atoms with van der Waals surface area (Å²) in [5.41, 5.74) is 5.22. The number of carbonyl (C=O) groups excluding carboxylic acids is 2. The van der Waals surface area contributed by atoms with Crippen molar-refractivity contribution in [2.75, 3.05) is 52.9 Å². The minimum atomic E-state index is -1.74. The van der Waals surface area contributed by atoms with E-state index in [0.717, 1.165) is 38.9 Å². The van der Waals surface area contributed by atoms with Gasteiger partial charge in [0.05, 0.1) is 46.0 Å². The van der Waals surface area contributed by atoms with E-state index in [-0.39, 0.29) is 75.4 Å². The van der Waals surface area contributed by atoms with E-state index in [4.69, 9.17) is 32.7 Å². The van der Waals surface area contributed by atoms with Crippen LogP contribution in [0, 0.1) is 11.3 Å². The molecule has 16 nitrogen and oxygen atoms in total. The second-order valence-corrected chi connectivity index (χ2v) is 20.7. The van der Waals surface area contributed by atoms with Crippen molar-refractivity contribution in [3.05, 3.63) is 178 Å². The molecule has 2 aliphatic rings. The lowest BCUT2D eigenvalue weighted by Crippen LogP contribution is -2.39. The zero-order valence-electron chi connectivity index (χ0n) is 44.2. The predicted molar refractivity (Wildman–Crippen MR) is 291 cm³/mol. The second-order valence-electron chi connectivity index (χ2n) is 19.3. The molecule has 398 valence electrons. The van der Waals surface area contributed by atoms with Crippen molar-refractivity contribution >= 4 is 26.3 Å². The highest BCUT2D eigenvalue weighted by atomic mass is 31.2. The van der Waals surface area contributed by atoms with Gasteiger partial charge in [0.2, 0.25) is 5.91 Å². The van der Waals surface area contributed by atoms with Gasteiger partial charge >= 0.3 is 11.8 Å². The monoisotopic (exact) mass is 1050 g/mol. The summed E-state index contributed by atoms with van der Waals surface area (Å²) in [6.07, 6.45) is -0.407. The largest absolute Gasteiger partial charge is 0.497 e. The molecule has 0 bridgehead atoms. The number of carbonyl (C=O) groups is 2. The first-order chi connectivity index (χ1) is 36.8. The van der Waals surface area contributed by atoms with Gasteiger partial charge < -0.3 is 42.9 Å². The predicted octanol–water partition coefficient (Wildman–Crippen LogP) is 10.8. The first-order valence-corrected chi connectivity index (χ1v) is 26.8. The molecule has 1 aromatic heterocycles. The van der Waals surface area contributed by atoms with Crippen molar-refractivity contribution in [3.8, 4) is 28.7 Å². The minimum Gasteiger partial charge on any atom is -0.497 e. The van der Waals surface area contributed by atoms with Crippen molar-refractivity contribution in [1.82, 2.24) is 19.1 Å². The highest BCUT2D eigenvalue weighted by molar-refractivity contribution is 7.44. The van der Waals surface area contributed by atoms with Crippen molar-refractivity contribution in [3.63, 3.8) is 0 Å². The van der Waals surface area contributed by atoms with Crippen molar-refractivity contribution < 1.29 is 42.3 Å². The molecule has 4 atom stereocenters. The summed E-state index contributed by atoms with van der Waals surface area (Å²) in [7, 11) is 3.15. The van der Waals surface area contributed by atoms with E-state index >= 15 is 0 Å². The number of nitriles is 1. The van der Waals surface area contributed by atoms with E-state index in [9.17, 15) is 19.6 Å². The quantitative estimate of drug-likeness (QED) is 0.0345. The molecule has 5 aromatic carbocycles. The lowest BCUT2D eigenvalue weighted by molar-refractivity contribution is -0.116. The molecule has 2 amide bonds. The first-order valence-electron chi connectivity index (χ1n) is 25.7. The Morgan fingerprint density at radius 1 is 0.816 bits per heavy atom. The summed E-state index contributed by atoms with van der Waals surface area (Å²) in [6.45, 7) is 8.88. The van der Waals surface area contributed by atoms with Crippen LogP contribution in [0.3, 0.4) is 0 Å². The van der Waals surface area contributed by atoms with Gasteiger partial charge in [-0.3, -0.25) is 9.36 Å². The van der Waals surface area contributed by atoms with E-state index in [0.29, 0.717) is 17.9 Å². The van der Waals surface area contributed by atoms with E-state index in [1.807, 2.05) is 103 Å². The molecule has 6 aromatic rings. The summed E-state index contributed by atoms with van der Waals surface area (Å²) in [4.78, 5) is 46.0. The Morgan fingerprint density at radius 3 is 1.96 bits per heavy atom. The highest BCUT2D eigenvalue weighted by Gasteiger charge is 2.45. The van der Waals surface area contributed by atoms with Gasteiger partial charge in [0, 0.05) is 50.6 Å². The molecular weight excluding hydrogens is 984 g/mol. The van der Waals surface area contributed by atoms with Crippen LogP contribution in [0.1, 0.15) is 93.3 Å². The third-order valence-corrected chi connectivity index (χ3v) is 15.8. The van der Waals surface area contributed by atoms with E-state index < -0.39 is 44.3 Å². The van der Waals surface area contributed by atoms with Crippen LogP contribution in [0.5, 0.6) is 11.5 Å². The van der Waals surface area contributed by atoms with Crippen LogP contribution >= 0.6 is 8.53 Å². The van der Waals surface area contributed by atoms with Gasteiger partial charge in [0.15, 0.2) is 0 Å². The summed E-state index contributed by atoms with van der Waals surface area (Å²) in [6, 6.07) is 45.5. The molecule has 1 aliphatic carbocycles. The summed E-state index contributed by atoms with van der Waals surface area (Å²) in [5, 5.41) is 12.2. The van der Waals surface area contributed by atoms with Gasteiger partial charge in [-0.25, -0.2) is 14.3 Å². The molecule has 8 rings (SSSR count). The zero-order valence-corrected chi connectivity index (χ0v) is 45.1. The summed E-state index contributed by atoms with van der Waals surface area (Å²) in [5.74, 6) is 1.01. The third kappa shape index (κ3) is 12.6. The number of methoxy groups -OCH3 is 2. The average molecular weight is 1050 g/mol. The SMILES string of the molecule is COc1ccc(C(OC[C@H]2O[C@@H](n3ccc(NC(=O)CCCN(C)C(=O)OCC4c5ccccc5-c5ccccc54)nc3=O)C[C@H]2OP(OCCC#N)N(C(C)C)C(C)C)(c2ccccc2)c2ccc(OC)cc2)cc1. The molecule has 1 N–H and O–H groups in total. The normalized spacial score (nSPS) is 16.5. The summed E-state index contributed by atoms with van der Waals surface area (Å²) < 4.78 is 48.0. The molecule has 1 fully saturated rings. The van der Waals surface area contributed by atoms with Crippen LogP contribution < -0.4 is 20.5 Å². The van der Waals surface area contributed by atoms with Gasteiger partial charge in [0.25, 0.3) is 8.53 Å². The van der Waals surface area contributed by atoms with E-state index in [1.54, 1.807) is 33.5 Å². The minimum absolute atomic E-state index is 0.00828. The molecule has 1 saturated heterocycles. The number of nitrogens with one attached hydrogen (secondary N) is 1. The molecule has 0 radical (unpaired) electrons. The van der Waals surface area contributed by atoms with Gasteiger partial charge in [-0.2, -0.15) is 10.2 Å². The number of amides is 2. The lowest BCUT2D eigenvalue weighted by Gasteiger charge is -2.39. The number of benzene rings is 5. The van der Waals surface area contributed by atoms with Crippen LogP contribution in [0.25, 0.3) is 11.1 Å². The number of rotatable bonds is 24. The van der Waals surface area contributed by atoms with Crippen LogP contribution in [-0.2, 0) is 33.7 Å². The molecule has 76 heavy (non-hydrogen) atoms. The van der Waals surface area contributed by atoms with Gasteiger partial charge in [0.1, 0.15) is 41.9 Å². The fourth-order valence-electron chi connectivity index (χ4n) is 10.0. The number of hydrogen-bond acceptors (Lipinski definition) is 13. The zero-order chi connectivity index (χ0) is 53.8. The maximum atomic E-state index is 14.0. The number of ether oxygens (including phenoxy) is 5. The topological polar surface area (TPSA) is 176 Å². The van der Waals surface area contributed by atoms with E-state index in [2.05, 4.69) is 73.0 Å². The van der Waals surface area contributed by atoms with Crippen molar-refractivity contribution in [1.29, 1.82) is 5.26 Å². The standard InChI is InChI=1S/C59H67N6O10P/c1-40(2)65(41(3)4)76(73-36-16-33-60)75-52-37-56(74-53(52)39-72-59(42-17-9-8-10-18-42,43-24-28-45(69-6)29-25-43)44-26-30-46(70-7)31-27-44)64-35-32-54(62-57(64)67)61-55(66)23-15-34-63(5)58(68)71-38-51-49-21-13-11-19-47(49)48-20-12-14-22-50(48)51/h8-14,17-22,24-32,35,40-41,51-53,56H,15-16,23,34,36-39H2,1-7H3,(H,61,62,66,67)/t52-,53-,56-,76?/m1/s1. The average Bonchev–Trinajstić information content (AvgIpc) is 4.02. The first kappa shape index (κ1) is 55.3. The van der Waals surface area contributed by atoms with Crippen LogP contribution in [0.2, 0.25) is 0 Å². The van der Waals surface area contributed by atoms with Crippen LogP contribution in [-0.4, -0.2) is 103 Å². The Bertz CT molecular complexity index is 2890. The maximum absolute atomic E-state index is 14.0. The molecule has 2 heterocycles. The lowest BCUT2D eigenvalue weighted by atomic mass is 9.80. The Morgan fingerprint density at radius 2 is 1.39 bits per heavy atom. The molecule has 17 heteroatoms. The Hall–Kier alpha value is -6.96. The Balaban J connectivity index is 0.981. The molecule has 0 spiro atoms. The molecule has 1 unspecified atom stereocenters. The fourth-order valence-corrected chi connectivity index (χ4v) is 11.8. The maximum Gasteiger partial charge on any atom is 0.409 e. The highest BCUT2D eigenvalue weighted by Crippen LogP contribution is 2.51. The van der Waals surface area contributed by atoms with Gasteiger partial charge in [-0.05, 0) is 103 Å². The second kappa shape index (κ2) is 25.7. The van der Waals surface area contributed by atoms with Gasteiger partial charge in [-0.1, -0.05) is 103 Å². The fraction of sp³-hybridized carbons (Fsp3) is 0.373. The Labute approximate surface area is 446 Å². The number of anilines is 1. The van der Waals surface area contributed by atoms with Crippen molar-refractivity contribution in [2.24, 2.45) is 0 Å². The number of hydrogen-bond donors (Lipinski definition) is 1. The van der Waals surface area contributed by atoms with Crippen molar-refractivity contribution in [2.45, 2.75) is 95.4 Å². The summed E-state index contributed by atoms with van der Waals surface area (Å²) >= 11 is 0. The molecular formula is C59H67N6O10P. The Kier molecular flexibility index (Phi) is 18.7. The number of aromatic nitrogens is 2. The van der Waals surface area contributed by atoms with E-state index in [1.165, 1.54) is 9.47 Å². The van der Waals surface area contributed by atoms with Crippen LogP contribution in [0.4, 0.5) is 10.6 Å². The smallest absolute Gasteiger partial charge is 0.409 e. The van der Waals surface area contributed by atoms with Crippen LogP contribution in [0.15, 0.2) is 144 Å².